The molecule has 124 valence electrons. The zero-order chi connectivity index (χ0) is 17.1. The number of ether oxygens (including phenoxy) is 2. The standard InChI is InChI=1S/C16H20N2O5/c1-12(20)23-15(8-5-9-19)14(10-17)18-16(21)22-11-13-6-3-2-4-7-13/h2-4,6-7,14-15,19H,5,8-9,11H2,1H3,(H,18,21)/t14-,15-/m0/s1. The van der Waals surface area contributed by atoms with E-state index in [1.54, 1.807) is 12.1 Å². The molecule has 1 aromatic carbocycles. The van der Waals surface area contributed by atoms with E-state index in [0.29, 0.717) is 6.42 Å². The molecular formula is C16H20N2O5. The summed E-state index contributed by atoms with van der Waals surface area (Å²) in [5, 5.41) is 20.4. The van der Waals surface area contributed by atoms with Gasteiger partial charge in [0.15, 0.2) is 6.04 Å². The monoisotopic (exact) mass is 320 g/mol. The zero-order valence-corrected chi connectivity index (χ0v) is 12.9. The van der Waals surface area contributed by atoms with Crippen molar-refractivity contribution in [3.8, 4) is 6.07 Å². The van der Waals surface area contributed by atoms with Crippen molar-refractivity contribution in [1.29, 1.82) is 5.26 Å². The lowest BCUT2D eigenvalue weighted by Crippen LogP contribution is -2.44. The molecule has 0 fully saturated rings. The summed E-state index contributed by atoms with van der Waals surface area (Å²) in [4.78, 5) is 22.9. The van der Waals surface area contributed by atoms with Crippen molar-refractivity contribution < 1.29 is 24.2 Å². The molecule has 0 saturated carbocycles. The summed E-state index contributed by atoms with van der Waals surface area (Å²) in [6.45, 7) is 1.18. The first-order valence-corrected chi connectivity index (χ1v) is 7.21. The summed E-state index contributed by atoms with van der Waals surface area (Å²) >= 11 is 0. The van der Waals surface area contributed by atoms with Crippen LogP contribution >= 0.6 is 0 Å². The number of aliphatic hydroxyl groups excluding tert-OH is 1. The fourth-order valence-corrected chi connectivity index (χ4v) is 1.90. The minimum absolute atomic E-state index is 0.0691. The SMILES string of the molecule is CC(=O)O[C@@H](CCCO)[C@H](C#N)NC(=O)OCc1ccccc1. The summed E-state index contributed by atoms with van der Waals surface area (Å²) in [6.07, 6.45) is -1.01. The number of hydrogen-bond acceptors (Lipinski definition) is 6. The third-order valence-electron chi connectivity index (χ3n) is 2.96. The first kappa shape index (κ1) is 18.5. The van der Waals surface area contributed by atoms with Crippen molar-refractivity contribution in [1.82, 2.24) is 5.32 Å². The summed E-state index contributed by atoms with van der Waals surface area (Å²) in [6, 6.07) is 9.92. The van der Waals surface area contributed by atoms with Crippen LogP contribution in [0.25, 0.3) is 0 Å². The molecule has 0 aliphatic heterocycles. The lowest BCUT2D eigenvalue weighted by atomic mass is 10.1. The molecule has 0 unspecified atom stereocenters. The first-order valence-electron chi connectivity index (χ1n) is 7.21. The molecule has 0 heterocycles. The number of nitrogens with one attached hydrogen (secondary N) is 1. The van der Waals surface area contributed by atoms with Gasteiger partial charge in [0, 0.05) is 13.5 Å². The number of amides is 1. The van der Waals surface area contributed by atoms with Crippen molar-refractivity contribution in [3.63, 3.8) is 0 Å². The minimum atomic E-state index is -1.05. The topological polar surface area (TPSA) is 109 Å². The zero-order valence-electron chi connectivity index (χ0n) is 12.9. The van der Waals surface area contributed by atoms with E-state index in [-0.39, 0.29) is 19.6 Å². The summed E-state index contributed by atoms with van der Waals surface area (Å²) in [7, 11) is 0. The lowest BCUT2D eigenvalue weighted by Gasteiger charge is -2.22. The Morgan fingerprint density at radius 1 is 1.35 bits per heavy atom. The number of rotatable bonds is 8. The van der Waals surface area contributed by atoms with Crippen LogP contribution < -0.4 is 5.32 Å². The Hall–Kier alpha value is -2.59. The lowest BCUT2D eigenvalue weighted by molar-refractivity contribution is -0.147. The van der Waals surface area contributed by atoms with Crippen LogP contribution in [0.2, 0.25) is 0 Å². The maximum absolute atomic E-state index is 11.8. The Morgan fingerprint density at radius 3 is 2.61 bits per heavy atom. The summed E-state index contributed by atoms with van der Waals surface area (Å²) < 4.78 is 10.1. The number of nitrogens with zero attached hydrogens (tertiary/aromatic N) is 1. The Morgan fingerprint density at radius 2 is 2.04 bits per heavy atom. The molecule has 1 aromatic rings. The predicted molar refractivity (Wildman–Crippen MR) is 81.0 cm³/mol. The maximum Gasteiger partial charge on any atom is 0.408 e. The van der Waals surface area contributed by atoms with Crippen LogP contribution in [0.5, 0.6) is 0 Å². The highest BCUT2D eigenvalue weighted by Gasteiger charge is 2.26. The van der Waals surface area contributed by atoms with Gasteiger partial charge < -0.3 is 19.9 Å². The van der Waals surface area contributed by atoms with E-state index < -0.39 is 24.2 Å². The number of carbonyl (C=O) groups is 2. The molecule has 2 N–H and O–H groups in total. The molecule has 1 rings (SSSR count). The molecule has 1 amide bonds. The van der Waals surface area contributed by atoms with Crippen LogP contribution in [-0.2, 0) is 20.9 Å². The molecule has 23 heavy (non-hydrogen) atoms. The molecule has 7 heteroatoms. The second-order valence-electron chi connectivity index (χ2n) is 4.83. The van der Waals surface area contributed by atoms with Crippen molar-refractivity contribution in [2.45, 2.75) is 38.5 Å². The first-order chi connectivity index (χ1) is 11.1. The molecule has 0 aromatic heterocycles. The van der Waals surface area contributed by atoms with Crippen LogP contribution in [-0.4, -0.2) is 35.9 Å². The molecule has 0 aliphatic carbocycles. The van der Waals surface area contributed by atoms with Crippen molar-refractivity contribution in [2.24, 2.45) is 0 Å². The number of alkyl carbamates (subject to hydrolysis) is 1. The molecule has 7 nitrogen and oxygen atoms in total. The van der Waals surface area contributed by atoms with E-state index in [2.05, 4.69) is 5.32 Å². The van der Waals surface area contributed by atoms with Gasteiger partial charge in [0.25, 0.3) is 0 Å². The highest BCUT2D eigenvalue weighted by atomic mass is 16.6. The fourth-order valence-electron chi connectivity index (χ4n) is 1.90. The van der Waals surface area contributed by atoms with Gasteiger partial charge in [-0.05, 0) is 18.4 Å². The number of nitriles is 1. The minimum Gasteiger partial charge on any atom is -0.459 e. The van der Waals surface area contributed by atoms with Crippen LogP contribution in [0, 0.1) is 11.3 Å². The van der Waals surface area contributed by atoms with Gasteiger partial charge in [-0.1, -0.05) is 30.3 Å². The average Bonchev–Trinajstić information content (AvgIpc) is 2.55. The van der Waals surface area contributed by atoms with Crippen LogP contribution in [0.4, 0.5) is 4.79 Å². The van der Waals surface area contributed by atoms with Gasteiger partial charge in [-0.15, -0.1) is 0 Å². The van der Waals surface area contributed by atoms with Crippen LogP contribution in [0.15, 0.2) is 30.3 Å². The van der Waals surface area contributed by atoms with E-state index in [9.17, 15) is 9.59 Å². The highest BCUT2D eigenvalue weighted by Crippen LogP contribution is 2.09. The quantitative estimate of drug-likeness (QED) is 0.703. The summed E-state index contributed by atoms with van der Waals surface area (Å²) in [5.41, 5.74) is 0.813. The molecule has 0 radical (unpaired) electrons. The van der Waals surface area contributed by atoms with Gasteiger partial charge >= 0.3 is 12.1 Å². The Kier molecular flexibility index (Phi) is 8.18. The van der Waals surface area contributed by atoms with Crippen molar-refractivity contribution >= 4 is 12.1 Å². The predicted octanol–water partition coefficient (Wildman–Crippen LogP) is 1.51. The van der Waals surface area contributed by atoms with Gasteiger partial charge in [-0.3, -0.25) is 4.79 Å². The number of aliphatic hydroxyl groups is 1. The third kappa shape index (κ3) is 7.29. The second kappa shape index (κ2) is 10.2. The van der Waals surface area contributed by atoms with Gasteiger partial charge in [0.1, 0.15) is 12.7 Å². The number of benzene rings is 1. The number of carbonyl (C=O) groups excluding carboxylic acids is 2. The molecule has 2 atom stereocenters. The normalized spacial score (nSPS) is 12.6. The number of hydrogen-bond donors (Lipinski definition) is 2. The molecule has 0 spiro atoms. The number of esters is 1. The smallest absolute Gasteiger partial charge is 0.408 e. The van der Waals surface area contributed by atoms with E-state index in [4.69, 9.17) is 19.8 Å². The highest BCUT2D eigenvalue weighted by molar-refractivity contribution is 5.69. The van der Waals surface area contributed by atoms with Crippen LogP contribution in [0.3, 0.4) is 0 Å². The fraction of sp³-hybridized carbons (Fsp3) is 0.438. The van der Waals surface area contributed by atoms with Gasteiger partial charge in [-0.2, -0.15) is 5.26 Å². The summed E-state index contributed by atoms with van der Waals surface area (Å²) in [5.74, 6) is -0.562. The van der Waals surface area contributed by atoms with Gasteiger partial charge in [0.05, 0.1) is 6.07 Å². The molecule has 0 bridgehead atoms. The Balaban J connectivity index is 2.55. The molecule has 0 saturated heterocycles. The van der Waals surface area contributed by atoms with E-state index >= 15 is 0 Å². The maximum atomic E-state index is 11.8. The van der Waals surface area contributed by atoms with E-state index in [1.807, 2.05) is 24.3 Å². The van der Waals surface area contributed by atoms with Crippen LogP contribution in [0.1, 0.15) is 25.3 Å². The third-order valence-corrected chi connectivity index (χ3v) is 2.96. The Bertz CT molecular complexity index is 541. The molecular weight excluding hydrogens is 300 g/mol. The molecule has 0 aliphatic rings. The Labute approximate surface area is 134 Å². The van der Waals surface area contributed by atoms with Gasteiger partial charge in [0.2, 0.25) is 0 Å². The largest absolute Gasteiger partial charge is 0.459 e. The second-order valence-corrected chi connectivity index (χ2v) is 4.83. The van der Waals surface area contributed by atoms with E-state index in [0.717, 1.165) is 5.56 Å². The van der Waals surface area contributed by atoms with E-state index in [1.165, 1.54) is 6.92 Å². The van der Waals surface area contributed by atoms with Gasteiger partial charge in [-0.25, -0.2) is 4.79 Å². The van der Waals surface area contributed by atoms with Crippen molar-refractivity contribution in [2.75, 3.05) is 6.61 Å². The average molecular weight is 320 g/mol. The van der Waals surface area contributed by atoms with Crippen molar-refractivity contribution in [3.05, 3.63) is 35.9 Å².